The van der Waals surface area contributed by atoms with Crippen LogP contribution in [0.15, 0.2) is 34.1 Å². The lowest BCUT2D eigenvalue weighted by Gasteiger charge is -2.28. The van der Waals surface area contributed by atoms with E-state index in [1.165, 1.54) is 0 Å². The fourth-order valence-electron chi connectivity index (χ4n) is 2.85. The molecule has 1 amide bonds. The molecule has 0 aliphatic carbocycles. The van der Waals surface area contributed by atoms with E-state index < -0.39 is 0 Å². The lowest BCUT2D eigenvalue weighted by atomic mass is 10.0. The third-order valence-corrected chi connectivity index (χ3v) is 5.39. The lowest BCUT2D eigenvalue weighted by Crippen LogP contribution is -2.46. The van der Waals surface area contributed by atoms with Gasteiger partial charge >= 0.3 is 0 Å². The summed E-state index contributed by atoms with van der Waals surface area (Å²) in [6, 6.07) is 8.80. The Morgan fingerprint density at radius 1 is 1.44 bits per heavy atom. The number of nitrogens with zero attached hydrogens (tertiary/aromatic N) is 1. The van der Waals surface area contributed by atoms with E-state index in [0.717, 1.165) is 40.1 Å². The second-order valence-electron chi connectivity index (χ2n) is 5.98. The molecular formula is C17H22BrCl2N3OS. The van der Waals surface area contributed by atoms with Gasteiger partial charge in [0.25, 0.3) is 0 Å². The van der Waals surface area contributed by atoms with Crippen molar-refractivity contribution in [2.45, 2.75) is 38.3 Å². The van der Waals surface area contributed by atoms with Crippen molar-refractivity contribution in [3.63, 3.8) is 0 Å². The van der Waals surface area contributed by atoms with Crippen molar-refractivity contribution < 1.29 is 4.79 Å². The first kappa shape index (κ1) is 22.4. The van der Waals surface area contributed by atoms with Gasteiger partial charge in [-0.05, 0) is 38.4 Å². The summed E-state index contributed by atoms with van der Waals surface area (Å²) in [5.41, 5.74) is 1.91. The predicted molar refractivity (Wildman–Crippen MR) is 112 cm³/mol. The molecule has 2 unspecified atom stereocenters. The minimum absolute atomic E-state index is 0. The molecule has 2 N–H and O–H groups in total. The van der Waals surface area contributed by atoms with Gasteiger partial charge in [0.05, 0.1) is 12.1 Å². The second kappa shape index (κ2) is 10.5. The Balaban J connectivity index is 0.00000156. The minimum atomic E-state index is 0. The average molecular weight is 467 g/mol. The van der Waals surface area contributed by atoms with Crippen LogP contribution in [-0.2, 0) is 11.2 Å². The number of amides is 1. The molecule has 2 heterocycles. The predicted octanol–water partition coefficient (Wildman–Crippen LogP) is 4.22. The van der Waals surface area contributed by atoms with Gasteiger partial charge in [-0.1, -0.05) is 28.1 Å². The number of thiazole rings is 1. The van der Waals surface area contributed by atoms with Gasteiger partial charge in [-0.3, -0.25) is 4.79 Å². The van der Waals surface area contributed by atoms with E-state index >= 15 is 0 Å². The van der Waals surface area contributed by atoms with Crippen molar-refractivity contribution >= 4 is 58.0 Å². The molecule has 4 nitrogen and oxygen atoms in total. The number of carbonyl (C=O) groups excluding carboxylic acids is 1. The van der Waals surface area contributed by atoms with E-state index in [1.807, 2.05) is 29.6 Å². The number of hydrogen-bond donors (Lipinski definition) is 2. The van der Waals surface area contributed by atoms with E-state index in [-0.39, 0.29) is 36.8 Å². The summed E-state index contributed by atoms with van der Waals surface area (Å²) in [5, 5.41) is 9.45. The third kappa shape index (κ3) is 6.53. The Bertz CT molecular complexity index is 698. The van der Waals surface area contributed by atoms with Gasteiger partial charge in [0.2, 0.25) is 5.91 Å². The molecule has 2 atom stereocenters. The molecule has 1 aliphatic heterocycles. The topological polar surface area (TPSA) is 54.0 Å². The first-order valence-corrected chi connectivity index (χ1v) is 9.50. The van der Waals surface area contributed by atoms with Crippen LogP contribution >= 0.6 is 52.1 Å². The number of halogens is 3. The molecule has 0 radical (unpaired) electrons. The van der Waals surface area contributed by atoms with Crippen LogP contribution in [0, 0.1) is 0 Å². The lowest BCUT2D eigenvalue weighted by molar-refractivity contribution is -0.121. The number of aromatic nitrogens is 1. The Labute approximate surface area is 173 Å². The standard InChI is InChI=1S/C17H20BrN3OS.2ClH/c1-11-7-14(5-6-19-11)20-16(22)9-15-10-23-17(21-15)12-3-2-4-13(18)8-12;;/h2-4,8,10-11,14,19H,5-7,9H2,1H3,(H,20,22);2*1H. The van der Waals surface area contributed by atoms with E-state index in [4.69, 9.17) is 0 Å². The SMILES string of the molecule is CC1CC(NC(=O)Cc2csc(-c3cccc(Br)c3)n2)CCN1.Cl.Cl. The zero-order valence-electron chi connectivity index (χ0n) is 13.8. The first-order chi connectivity index (χ1) is 11.1. The molecule has 8 heteroatoms. The first-order valence-electron chi connectivity index (χ1n) is 7.83. The van der Waals surface area contributed by atoms with Crippen LogP contribution < -0.4 is 10.6 Å². The van der Waals surface area contributed by atoms with Gasteiger partial charge in [-0.2, -0.15) is 0 Å². The zero-order valence-corrected chi connectivity index (χ0v) is 17.9. The maximum Gasteiger partial charge on any atom is 0.226 e. The van der Waals surface area contributed by atoms with E-state index in [9.17, 15) is 4.79 Å². The molecule has 0 saturated carbocycles. The van der Waals surface area contributed by atoms with Crippen molar-refractivity contribution in [1.29, 1.82) is 0 Å². The summed E-state index contributed by atoms with van der Waals surface area (Å²) in [5.74, 6) is 0.0650. The number of benzene rings is 1. The molecule has 1 aromatic heterocycles. The van der Waals surface area contributed by atoms with E-state index in [1.54, 1.807) is 11.3 Å². The monoisotopic (exact) mass is 465 g/mol. The van der Waals surface area contributed by atoms with Crippen LogP contribution in [0.5, 0.6) is 0 Å². The highest BCUT2D eigenvalue weighted by atomic mass is 79.9. The number of hydrogen-bond acceptors (Lipinski definition) is 4. The molecule has 1 saturated heterocycles. The van der Waals surface area contributed by atoms with Crippen molar-refractivity contribution in [2.24, 2.45) is 0 Å². The number of carbonyl (C=O) groups is 1. The molecule has 138 valence electrons. The fraction of sp³-hybridized carbons (Fsp3) is 0.412. The molecular weight excluding hydrogens is 445 g/mol. The van der Waals surface area contributed by atoms with Crippen LogP contribution in [0.4, 0.5) is 0 Å². The van der Waals surface area contributed by atoms with Crippen LogP contribution in [0.2, 0.25) is 0 Å². The van der Waals surface area contributed by atoms with Crippen LogP contribution in [-0.4, -0.2) is 29.5 Å². The summed E-state index contributed by atoms with van der Waals surface area (Å²) < 4.78 is 1.03. The van der Waals surface area contributed by atoms with Crippen molar-refractivity contribution in [1.82, 2.24) is 15.6 Å². The minimum Gasteiger partial charge on any atom is -0.353 e. The summed E-state index contributed by atoms with van der Waals surface area (Å²) >= 11 is 5.05. The summed E-state index contributed by atoms with van der Waals surface area (Å²) in [7, 11) is 0. The average Bonchev–Trinajstić information content (AvgIpc) is 2.95. The van der Waals surface area contributed by atoms with E-state index in [2.05, 4.69) is 38.5 Å². The van der Waals surface area contributed by atoms with Gasteiger partial charge in [-0.15, -0.1) is 36.2 Å². The maximum atomic E-state index is 12.2. The van der Waals surface area contributed by atoms with E-state index in [0.29, 0.717) is 12.5 Å². The normalized spacial score (nSPS) is 19.4. The Hall–Kier alpha value is -0.660. The van der Waals surface area contributed by atoms with Crippen molar-refractivity contribution in [2.75, 3.05) is 6.54 Å². The zero-order chi connectivity index (χ0) is 16.2. The van der Waals surface area contributed by atoms with Crippen molar-refractivity contribution in [3.05, 3.63) is 39.8 Å². The number of nitrogens with one attached hydrogen (secondary N) is 2. The summed E-state index contributed by atoms with van der Waals surface area (Å²) in [6.45, 7) is 3.12. The fourth-order valence-corrected chi connectivity index (χ4v) is 4.06. The van der Waals surface area contributed by atoms with Gasteiger partial charge in [0.15, 0.2) is 0 Å². The quantitative estimate of drug-likeness (QED) is 0.709. The number of rotatable bonds is 4. The van der Waals surface area contributed by atoms with Crippen LogP contribution in [0.1, 0.15) is 25.5 Å². The second-order valence-corrected chi connectivity index (χ2v) is 7.75. The van der Waals surface area contributed by atoms with Gasteiger partial charge in [-0.25, -0.2) is 4.98 Å². The highest BCUT2D eigenvalue weighted by molar-refractivity contribution is 9.10. The summed E-state index contributed by atoms with van der Waals surface area (Å²) in [6.07, 6.45) is 2.34. The molecule has 3 rings (SSSR count). The molecule has 0 bridgehead atoms. The Morgan fingerprint density at radius 3 is 2.96 bits per heavy atom. The maximum absolute atomic E-state index is 12.2. The van der Waals surface area contributed by atoms with Crippen LogP contribution in [0.3, 0.4) is 0 Å². The largest absolute Gasteiger partial charge is 0.353 e. The molecule has 2 aromatic rings. The summed E-state index contributed by atoms with van der Waals surface area (Å²) in [4.78, 5) is 16.8. The van der Waals surface area contributed by atoms with Gasteiger partial charge in [0.1, 0.15) is 5.01 Å². The highest BCUT2D eigenvalue weighted by Gasteiger charge is 2.20. The smallest absolute Gasteiger partial charge is 0.226 e. The van der Waals surface area contributed by atoms with Gasteiger partial charge in [0, 0.05) is 27.5 Å². The molecule has 1 fully saturated rings. The number of piperidine rings is 1. The molecule has 25 heavy (non-hydrogen) atoms. The molecule has 1 aromatic carbocycles. The van der Waals surface area contributed by atoms with Gasteiger partial charge < -0.3 is 10.6 Å². The van der Waals surface area contributed by atoms with Crippen LogP contribution in [0.25, 0.3) is 10.6 Å². The Kier molecular flexibility index (Phi) is 9.38. The highest BCUT2D eigenvalue weighted by Crippen LogP contribution is 2.26. The Morgan fingerprint density at radius 2 is 2.24 bits per heavy atom. The third-order valence-electron chi connectivity index (χ3n) is 3.95. The van der Waals surface area contributed by atoms with Crippen molar-refractivity contribution in [3.8, 4) is 10.6 Å². The molecule has 1 aliphatic rings. The molecule has 0 spiro atoms.